The Morgan fingerprint density at radius 3 is 2.58 bits per heavy atom. The van der Waals surface area contributed by atoms with Gasteiger partial charge < -0.3 is 10.4 Å². The molecule has 0 aliphatic heterocycles. The van der Waals surface area contributed by atoms with Gasteiger partial charge in [-0.25, -0.2) is 0 Å². The van der Waals surface area contributed by atoms with Gasteiger partial charge in [0.2, 0.25) is 5.91 Å². The predicted molar refractivity (Wildman–Crippen MR) is 44.4 cm³/mol. The zero-order chi connectivity index (χ0) is 8.55. The van der Waals surface area contributed by atoms with Crippen molar-refractivity contribution in [1.82, 2.24) is 5.32 Å². The second-order valence-electron chi connectivity index (χ2n) is 3.94. The average molecular weight is 169 g/mol. The summed E-state index contributed by atoms with van der Waals surface area (Å²) in [5, 5.41) is 11.2. The summed E-state index contributed by atoms with van der Waals surface area (Å²) in [6.07, 6.45) is 3.52. The van der Waals surface area contributed by atoms with Crippen LogP contribution < -0.4 is 5.32 Å². The fraction of sp³-hybridized carbons (Fsp3) is 0.889. The lowest BCUT2D eigenvalue weighted by Crippen LogP contribution is -2.32. The first kappa shape index (κ1) is 8.05. The lowest BCUT2D eigenvalue weighted by atomic mass is 10.0. The van der Waals surface area contributed by atoms with Crippen LogP contribution in [0.5, 0.6) is 0 Å². The fourth-order valence-corrected chi connectivity index (χ4v) is 2.25. The van der Waals surface area contributed by atoms with Gasteiger partial charge in [-0.15, -0.1) is 0 Å². The second-order valence-corrected chi connectivity index (χ2v) is 3.94. The second kappa shape index (κ2) is 3.05. The molecule has 2 rings (SSSR count). The van der Waals surface area contributed by atoms with E-state index in [1.54, 1.807) is 0 Å². The molecule has 0 saturated heterocycles. The molecular weight excluding hydrogens is 154 g/mol. The van der Waals surface area contributed by atoms with E-state index in [-0.39, 0.29) is 18.4 Å². The van der Waals surface area contributed by atoms with Gasteiger partial charge in [-0.05, 0) is 31.1 Å². The fourth-order valence-electron chi connectivity index (χ4n) is 2.25. The maximum absolute atomic E-state index is 11.3. The normalized spacial score (nSPS) is 37.6. The summed E-state index contributed by atoms with van der Waals surface area (Å²) in [7, 11) is 0. The van der Waals surface area contributed by atoms with Crippen molar-refractivity contribution in [1.29, 1.82) is 0 Å². The largest absolute Gasteiger partial charge is 0.395 e. The van der Waals surface area contributed by atoms with Crippen molar-refractivity contribution in [2.24, 2.45) is 17.8 Å². The Morgan fingerprint density at radius 2 is 2.00 bits per heavy atom. The average Bonchev–Trinajstić information content (AvgIpc) is 2.69. The molecule has 1 amide bonds. The Hall–Kier alpha value is -0.570. The maximum atomic E-state index is 11.3. The van der Waals surface area contributed by atoms with E-state index < -0.39 is 0 Å². The Kier molecular flexibility index (Phi) is 2.05. The van der Waals surface area contributed by atoms with Crippen LogP contribution in [0.1, 0.15) is 19.3 Å². The summed E-state index contributed by atoms with van der Waals surface area (Å²) in [6.45, 7) is 0.454. The van der Waals surface area contributed by atoms with Gasteiger partial charge in [0.05, 0.1) is 6.61 Å². The molecular formula is C9H15NO2. The van der Waals surface area contributed by atoms with Crippen LogP contribution in [0.25, 0.3) is 0 Å². The molecule has 12 heavy (non-hydrogen) atoms. The maximum Gasteiger partial charge on any atom is 0.223 e. The van der Waals surface area contributed by atoms with E-state index in [0.717, 1.165) is 24.7 Å². The van der Waals surface area contributed by atoms with E-state index in [9.17, 15) is 4.79 Å². The number of aliphatic hydroxyl groups excluding tert-OH is 1. The minimum absolute atomic E-state index is 0.0469. The molecule has 0 bridgehead atoms. The topological polar surface area (TPSA) is 49.3 Å². The van der Waals surface area contributed by atoms with E-state index in [1.807, 2.05) is 0 Å². The zero-order valence-corrected chi connectivity index (χ0v) is 7.12. The van der Waals surface area contributed by atoms with Crippen molar-refractivity contribution in [3.05, 3.63) is 0 Å². The quantitative estimate of drug-likeness (QED) is 0.631. The lowest BCUT2D eigenvalue weighted by Gasteiger charge is -2.10. The Morgan fingerprint density at radius 1 is 1.33 bits per heavy atom. The Bertz CT molecular complexity index is 183. The highest BCUT2D eigenvalue weighted by Gasteiger charge is 2.47. The van der Waals surface area contributed by atoms with E-state index >= 15 is 0 Å². The van der Waals surface area contributed by atoms with Crippen LogP contribution >= 0.6 is 0 Å². The minimum Gasteiger partial charge on any atom is -0.395 e. The number of nitrogens with one attached hydrogen (secondary N) is 1. The molecule has 2 atom stereocenters. The van der Waals surface area contributed by atoms with Crippen molar-refractivity contribution >= 4 is 5.91 Å². The highest BCUT2D eigenvalue weighted by molar-refractivity contribution is 5.79. The van der Waals surface area contributed by atoms with Gasteiger partial charge in [0, 0.05) is 12.5 Å². The van der Waals surface area contributed by atoms with Gasteiger partial charge in [0.15, 0.2) is 0 Å². The zero-order valence-electron chi connectivity index (χ0n) is 7.12. The molecule has 2 aliphatic carbocycles. The van der Waals surface area contributed by atoms with Gasteiger partial charge in [-0.3, -0.25) is 4.79 Å². The monoisotopic (exact) mass is 169 g/mol. The molecule has 2 unspecified atom stereocenters. The molecule has 3 heteroatoms. The molecule has 0 aromatic carbocycles. The van der Waals surface area contributed by atoms with Gasteiger partial charge in [0.25, 0.3) is 0 Å². The van der Waals surface area contributed by atoms with Crippen LogP contribution in [-0.4, -0.2) is 24.2 Å². The summed E-state index contributed by atoms with van der Waals surface area (Å²) in [4.78, 5) is 11.3. The van der Waals surface area contributed by atoms with Crippen LogP contribution in [0, 0.1) is 17.8 Å². The first-order valence-electron chi connectivity index (χ1n) is 4.70. The molecule has 3 nitrogen and oxygen atoms in total. The SMILES string of the molecule is O=C(NCCO)C1CC2CC2C1. The van der Waals surface area contributed by atoms with Crippen LogP contribution in [0.4, 0.5) is 0 Å². The van der Waals surface area contributed by atoms with Gasteiger partial charge in [0.1, 0.15) is 0 Å². The standard InChI is InChI=1S/C9H15NO2/c11-2-1-10-9(12)8-4-6-3-7(6)5-8/h6-8,11H,1-5H2,(H,10,12). The molecule has 0 heterocycles. The third-order valence-electron chi connectivity index (χ3n) is 3.03. The van der Waals surface area contributed by atoms with Crippen molar-refractivity contribution in [3.8, 4) is 0 Å². The predicted octanol–water partition coefficient (Wildman–Crippen LogP) is 0.141. The number of amides is 1. The highest BCUT2D eigenvalue weighted by Crippen LogP contribution is 2.54. The number of hydrogen-bond donors (Lipinski definition) is 2. The van der Waals surface area contributed by atoms with Crippen LogP contribution in [-0.2, 0) is 4.79 Å². The summed E-state index contributed by atoms with van der Waals surface area (Å²) >= 11 is 0. The number of hydrogen-bond acceptors (Lipinski definition) is 2. The third-order valence-corrected chi connectivity index (χ3v) is 3.03. The molecule has 2 fully saturated rings. The Balaban J connectivity index is 1.73. The number of aliphatic hydroxyl groups is 1. The van der Waals surface area contributed by atoms with Crippen LogP contribution in [0.2, 0.25) is 0 Å². The minimum atomic E-state index is 0.0469. The number of rotatable bonds is 3. The molecule has 2 saturated carbocycles. The van der Waals surface area contributed by atoms with Gasteiger partial charge in [-0.1, -0.05) is 0 Å². The third kappa shape index (κ3) is 1.46. The molecule has 0 spiro atoms. The van der Waals surface area contributed by atoms with Gasteiger partial charge in [-0.2, -0.15) is 0 Å². The molecule has 0 aromatic heterocycles. The number of carbonyl (C=O) groups is 1. The smallest absolute Gasteiger partial charge is 0.223 e. The molecule has 0 aromatic rings. The van der Waals surface area contributed by atoms with Crippen molar-refractivity contribution in [3.63, 3.8) is 0 Å². The summed E-state index contributed by atoms with van der Waals surface area (Å²) in [6, 6.07) is 0. The molecule has 2 N–H and O–H groups in total. The van der Waals surface area contributed by atoms with Crippen molar-refractivity contribution in [2.45, 2.75) is 19.3 Å². The van der Waals surface area contributed by atoms with Crippen LogP contribution in [0.3, 0.4) is 0 Å². The van der Waals surface area contributed by atoms with Crippen molar-refractivity contribution < 1.29 is 9.90 Å². The van der Waals surface area contributed by atoms with Gasteiger partial charge >= 0.3 is 0 Å². The molecule has 68 valence electrons. The lowest BCUT2D eigenvalue weighted by molar-refractivity contribution is -0.125. The highest BCUT2D eigenvalue weighted by atomic mass is 16.3. The summed E-state index contributed by atoms with van der Waals surface area (Å²) in [5.74, 6) is 2.11. The van der Waals surface area contributed by atoms with Crippen molar-refractivity contribution in [2.75, 3.05) is 13.2 Å². The van der Waals surface area contributed by atoms with E-state index in [1.165, 1.54) is 6.42 Å². The van der Waals surface area contributed by atoms with E-state index in [2.05, 4.69) is 5.32 Å². The number of carbonyl (C=O) groups excluding carboxylic acids is 1. The molecule has 2 aliphatic rings. The summed E-state index contributed by atoms with van der Waals surface area (Å²) < 4.78 is 0. The number of fused-ring (bicyclic) bond motifs is 1. The van der Waals surface area contributed by atoms with E-state index in [4.69, 9.17) is 5.11 Å². The van der Waals surface area contributed by atoms with E-state index in [0.29, 0.717) is 6.54 Å². The Labute approximate surface area is 72.2 Å². The van der Waals surface area contributed by atoms with Crippen LogP contribution in [0.15, 0.2) is 0 Å². The summed E-state index contributed by atoms with van der Waals surface area (Å²) in [5.41, 5.74) is 0. The molecule has 0 radical (unpaired) electrons. The first-order chi connectivity index (χ1) is 5.81. The first-order valence-corrected chi connectivity index (χ1v) is 4.70.